The van der Waals surface area contributed by atoms with E-state index in [0.29, 0.717) is 11.4 Å². The lowest BCUT2D eigenvalue weighted by molar-refractivity contribution is -0.150. The van der Waals surface area contributed by atoms with Crippen LogP contribution in [0.4, 0.5) is 0 Å². The summed E-state index contributed by atoms with van der Waals surface area (Å²) in [7, 11) is -0.876. The molecular formula is C28H32N2O7S. The minimum absolute atomic E-state index is 0.00735. The van der Waals surface area contributed by atoms with Gasteiger partial charge in [-0.2, -0.15) is 4.31 Å². The highest BCUT2D eigenvalue weighted by Gasteiger charge is 2.49. The van der Waals surface area contributed by atoms with Crippen LogP contribution >= 0.6 is 0 Å². The molecule has 1 aromatic heterocycles. The number of aromatic nitrogens is 1. The van der Waals surface area contributed by atoms with Crippen LogP contribution in [0.1, 0.15) is 37.6 Å². The van der Waals surface area contributed by atoms with Gasteiger partial charge in [0.25, 0.3) is 0 Å². The van der Waals surface area contributed by atoms with Crippen molar-refractivity contribution in [1.29, 1.82) is 0 Å². The molecule has 0 N–H and O–H groups in total. The van der Waals surface area contributed by atoms with Gasteiger partial charge in [-0.05, 0) is 63.6 Å². The lowest BCUT2D eigenvalue weighted by Crippen LogP contribution is -2.52. The predicted molar refractivity (Wildman–Crippen MR) is 142 cm³/mol. The summed E-state index contributed by atoms with van der Waals surface area (Å²) in [5.74, 6) is -0.932. The molecule has 0 aliphatic carbocycles. The fourth-order valence-corrected chi connectivity index (χ4v) is 6.55. The van der Waals surface area contributed by atoms with Gasteiger partial charge in [0.1, 0.15) is 5.75 Å². The Balaban J connectivity index is 1.96. The molecule has 0 saturated carbocycles. The van der Waals surface area contributed by atoms with Crippen LogP contribution in [0.3, 0.4) is 0 Å². The number of methoxy groups -OCH3 is 1. The fourth-order valence-electron chi connectivity index (χ4n) is 4.82. The van der Waals surface area contributed by atoms with Crippen molar-refractivity contribution in [3.05, 3.63) is 71.4 Å². The summed E-state index contributed by atoms with van der Waals surface area (Å²) in [6.07, 6.45) is 1.74. The van der Waals surface area contributed by atoms with Crippen molar-refractivity contribution in [3.63, 3.8) is 0 Å². The van der Waals surface area contributed by atoms with Gasteiger partial charge in [-0.15, -0.1) is 0 Å². The van der Waals surface area contributed by atoms with Crippen molar-refractivity contribution in [2.24, 2.45) is 7.05 Å². The van der Waals surface area contributed by atoms with E-state index in [1.54, 1.807) is 39.2 Å². The summed E-state index contributed by atoms with van der Waals surface area (Å²) in [6, 6.07) is 11.5. The standard InChI is InChI=1S/C28H32N2O7S/c1-6-36-27(31)22-13-15-24(25-17-19-16-20(35-5)10-14-23(19)29(25)4)30(26(22)28(32)37-7-2)38(33,34)21-11-8-18(3)9-12-21/h8-14,16-17,24,26H,6-7,15H2,1-5H3/t24-,26+/m0/s1. The van der Waals surface area contributed by atoms with E-state index in [1.807, 2.05) is 42.8 Å². The van der Waals surface area contributed by atoms with Gasteiger partial charge in [-0.25, -0.2) is 18.0 Å². The smallest absolute Gasteiger partial charge is 0.335 e. The average Bonchev–Trinajstić information content (AvgIpc) is 3.23. The van der Waals surface area contributed by atoms with Gasteiger partial charge in [0.15, 0.2) is 6.04 Å². The van der Waals surface area contributed by atoms with Crippen LogP contribution < -0.4 is 4.74 Å². The average molecular weight is 541 g/mol. The number of hydrogen-bond acceptors (Lipinski definition) is 7. The molecule has 202 valence electrons. The summed E-state index contributed by atoms with van der Waals surface area (Å²) in [5.41, 5.74) is 2.34. The van der Waals surface area contributed by atoms with Crippen LogP contribution in [0.25, 0.3) is 10.9 Å². The van der Waals surface area contributed by atoms with Gasteiger partial charge in [-0.3, -0.25) is 0 Å². The zero-order chi connectivity index (χ0) is 27.6. The number of carbonyl (C=O) groups excluding carboxylic acids is 2. The number of rotatable bonds is 8. The zero-order valence-corrected chi connectivity index (χ0v) is 22.9. The van der Waals surface area contributed by atoms with Gasteiger partial charge in [-0.1, -0.05) is 23.8 Å². The molecule has 0 amide bonds. The maximum atomic E-state index is 14.3. The van der Waals surface area contributed by atoms with E-state index in [-0.39, 0.29) is 30.1 Å². The van der Waals surface area contributed by atoms with E-state index in [2.05, 4.69) is 0 Å². The van der Waals surface area contributed by atoms with Crippen LogP contribution in [0.5, 0.6) is 5.75 Å². The van der Waals surface area contributed by atoms with Crippen LogP contribution in [0.2, 0.25) is 0 Å². The van der Waals surface area contributed by atoms with E-state index in [0.717, 1.165) is 20.8 Å². The third-order valence-electron chi connectivity index (χ3n) is 6.66. The van der Waals surface area contributed by atoms with Crippen molar-refractivity contribution in [3.8, 4) is 5.75 Å². The number of aryl methyl sites for hydroxylation is 2. The van der Waals surface area contributed by atoms with Crippen molar-refractivity contribution in [2.45, 2.75) is 44.2 Å². The summed E-state index contributed by atoms with van der Waals surface area (Å²) >= 11 is 0. The molecule has 1 aliphatic rings. The molecule has 0 fully saturated rings. The Morgan fingerprint density at radius 2 is 1.68 bits per heavy atom. The van der Waals surface area contributed by atoms with Gasteiger partial charge < -0.3 is 18.8 Å². The normalized spacial score (nSPS) is 18.2. The first-order valence-electron chi connectivity index (χ1n) is 12.4. The minimum Gasteiger partial charge on any atom is -0.497 e. The van der Waals surface area contributed by atoms with Gasteiger partial charge in [0.05, 0.1) is 36.8 Å². The lowest BCUT2D eigenvalue weighted by atomic mass is 9.95. The summed E-state index contributed by atoms with van der Waals surface area (Å²) < 4.78 is 47.4. The van der Waals surface area contributed by atoms with Gasteiger partial charge in [0.2, 0.25) is 10.0 Å². The molecule has 4 rings (SSSR count). The Bertz CT molecular complexity index is 1490. The Kier molecular flexibility index (Phi) is 7.94. The highest BCUT2D eigenvalue weighted by atomic mass is 32.2. The number of benzene rings is 2. The first kappa shape index (κ1) is 27.4. The lowest BCUT2D eigenvalue weighted by Gasteiger charge is -2.39. The molecular weight excluding hydrogens is 508 g/mol. The molecule has 2 aromatic carbocycles. The summed E-state index contributed by atoms with van der Waals surface area (Å²) in [6.45, 7) is 5.22. The van der Waals surface area contributed by atoms with Crippen LogP contribution in [-0.2, 0) is 36.1 Å². The van der Waals surface area contributed by atoms with E-state index in [4.69, 9.17) is 14.2 Å². The van der Waals surface area contributed by atoms with E-state index >= 15 is 0 Å². The van der Waals surface area contributed by atoms with E-state index < -0.39 is 34.0 Å². The second-order valence-corrected chi connectivity index (χ2v) is 10.8. The third kappa shape index (κ3) is 4.93. The molecule has 0 spiro atoms. The SMILES string of the molecule is CCOC(=O)C1=CC[C@@H](c2cc3cc(OC)ccc3n2C)N(S(=O)(=O)c2ccc(C)cc2)[C@H]1C(=O)OCC. The van der Waals surface area contributed by atoms with Crippen molar-refractivity contribution >= 4 is 32.9 Å². The first-order valence-corrected chi connectivity index (χ1v) is 13.8. The molecule has 2 heterocycles. The number of esters is 2. The molecule has 0 bridgehead atoms. The van der Waals surface area contributed by atoms with Crippen LogP contribution in [0.15, 0.2) is 65.1 Å². The molecule has 0 saturated heterocycles. The zero-order valence-electron chi connectivity index (χ0n) is 22.1. The molecule has 3 aromatic rings. The van der Waals surface area contributed by atoms with Crippen LogP contribution in [-0.4, -0.2) is 55.6 Å². The maximum absolute atomic E-state index is 14.3. The molecule has 1 aliphatic heterocycles. The van der Waals surface area contributed by atoms with E-state index in [9.17, 15) is 18.0 Å². The van der Waals surface area contributed by atoms with Crippen molar-refractivity contribution < 1.29 is 32.2 Å². The second-order valence-electron chi connectivity index (χ2n) is 8.99. The first-order chi connectivity index (χ1) is 18.1. The van der Waals surface area contributed by atoms with E-state index in [1.165, 1.54) is 12.1 Å². The number of ether oxygens (including phenoxy) is 3. The van der Waals surface area contributed by atoms with Crippen LogP contribution in [0, 0.1) is 6.92 Å². The quantitative estimate of drug-likeness (QED) is 0.397. The monoisotopic (exact) mass is 540 g/mol. The maximum Gasteiger partial charge on any atom is 0.335 e. The number of sulfonamides is 1. The second kappa shape index (κ2) is 11.0. The minimum atomic E-state index is -4.29. The Hall–Kier alpha value is -3.63. The molecule has 9 nitrogen and oxygen atoms in total. The summed E-state index contributed by atoms with van der Waals surface area (Å²) in [5, 5.41) is 0.849. The number of hydrogen-bond donors (Lipinski definition) is 0. The Labute approximate surface area is 222 Å². The van der Waals surface area contributed by atoms with Crippen molar-refractivity contribution in [2.75, 3.05) is 20.3 Å². The topological polar surface area (TPSA) is 104 Å². The molecule has 0 unspecified atom stereocenters. The highest BCUT2D eigenvalue weighted by molar-refractivity contribution is 7.89. The number of carbonyl (C=O) groups is 2. The largest absolute Gasteiger partial charge is 0.497 e. The van der Waals surface area contributed by atoms with Gasteiger partial charge >= 0.3 is 11.9 Å². The number of nitrogens with zero attached hydrogens (tertiary/aromatic N) is 2. The summed E-state index contributed by atoms with van der Waals surface area (Å²) in [4.78, 5) is 26.3. The molecule has 0 radical (unpaired) electrons. The fraction of sp³-hybridized carbons (Fsp3) is 0.357. The Morgan fingerprint density at radius 3 is 2.32 bits per heavy atom. The van der Waals surface area contributed by atoms with Crippen molar-refractivity contribution in [1.82, 2.24) is 8.87 Å². The third-order valence-corrected chi connectivity index (χ3v) is 8.55. The molecule has 2 atom stereocenters. The number of fused-ring (bicyclic) bond motifs is 1. The molecule has 10 heteroatoms. The Morgan fingerprint density at radius 1 is 1.00 bits per heavy atom. The van der Waals surface area contributed by atoms with Gasteiger partial charge in [0, 0.05) is 23.6 Å². The predicted octanol–water partition coefficient (Wildman–Crippen LogP) is 4.05. The molecule has 38 heavy (non-hydrogen) atoms. The highest BCUT2D eigenvalue weighted by Crippen LogP contribution is 2.41.